The Kier molecular flexibility index (Phi) is 26.4. The number of carbonyl (C=O) groups is 2. The minimum atomic E-state index is -2.17. The summed E-state index contributed by atoms with van der Waals surface area (Å²) in [6.07, 6.45) is 25.7. The lowest BCUT2D eigenvalue weighted by Crippen LogP contribution is -2.42. The van der Waals surface area contributed by atoms with Crippen molar-refractivity contribution in [3.05, 3.63) is 0 Å². The Hall–Kier alpha value is -1.34. The van der Waals surface area contributed by atoms with Gasteiger partial charge in [0.2, 0.25) is 0 Å². The first-order valence-electron chi connectivity index (χ1n) is 23.8. The van der Waals surface area contributed by atoms with Gasteiger partial charge >= 0.3 is 11.9 Å². The van der Waals surface area contributed by atoms with Crippen molar-refractivity contribution in [3.8, 4) is 0 Å². The van der Waals surface area contributed by atoms with E-state index in [4.69, 9.17) is 19.2 Å². The number of aliphatic hydroxyl groups excluding tert-OH is 1. The number of aliphatic hydroxyl groups is 5. The number of unbranched alkanes of at least 4 members (excludes halogenated alkanes) is 10. The first-order valence-corrected chi connectivity index (χ1v) is 23.8. The lowest BCUT2D eigenvalue weighted by molar-refractivity contribution is -0.490. The number of hydrogen-bond acceptors (Lipinski definition) is 11. The summed E-state index contributed by atoms with van der Waals surface area (Å²) >= 11 is 0. The number of carbonyl (C=O) groups excluding carboxylic acids is 2. The predicted octanol–water partition coefficient (Wildman–Crippen LogP) is 9.82. The van der Waals surface area contributed by atoms with Gasteiger partial charge in [0.1, 0.15) is 0 Å². The molecule has 342 valence electrons. The highest BCUT2D eigenvalue weighted by atomic mass is 17.2. The van der Waals surface area contributed by atoms with Gasteiger partial charge in [0.25, 0.3) is 0 Å². The van der Waals surface area contributed by atoms with E-state index in [1.807, 2.05) is 0 Å². The first kappa shape index (κ1) is 52.8. The zero-order valence-electron chi connectivity index (χ0n) is 37.6. The summed E-state index contributed by atoms with van der Waals surface area (Å²) in [6.45, 7) is 7.90. The fraction of sp³-hybridized carbons (Fsp3) is 0.957. The normalized spacial score (nSPS) is 19.3. The van der Waals surface area contributed by atoms with Gasteiger partial charge in [-0.2, -0.15) is 9.78 Å². The molecule has 5 unspecified atom stereocenters. The van der Waals surface area contributed by atoms with Crippen molar-refractivity contribution in [2.24, 2.45) is 35.5 Å². The van der Waals surface area contributed by atoms with Crippen molar-refractivity contribution in [1.29, 1.82) is 0 Å². The van der Waals surface area contributed by atoms with Gasteiger partial charge in [0.05, 0.1) is 25.0 Å². The van der Waals surface area contributed by atoms with Crippen molar-refractivity contribution in [2.45, 2.75) is 232 Å². The van der Waals surface area contributed by atoms with E-state index < -0.39 is 29.2 Å². The van der Waals surface area contributed by atoms with Crippen LogP contribution >= 0.6 is 0 Å². The predicted molar refractivity (Wildman–Crippen MR) is 227 cm³/mol. The number of ether oxygens (including phenoxy) is 2. The maximum atomic E-state index is 13.9. The Morgan fingerprint density at radius 3 is 1.40 bits per heavy atom. The fourth-order valence-electron chi connectivity index (χ4n) is 8.52. The molecule has 0 aliphatic heterocycles. The zero-order chi connectivity index (χ0) is 42.9. The molecule has 58 heavy (non-hydrogen) atoms. The average molecular weight is 829 g/mol. The van der Waals surface area contributed by atoms with E-state index in [1.54, 1.807) is 0 Å². The summed E-state index contributed by atoms with van der Waals surface area (Å²) in [4.78, 5) is 38.4. The van der Waals surface area contributed by atoms with Crippen LogP contribution in [-0.4, -0.2) is 74.7 Å². The topological polar surface area (TPSA) is 172 Å². The van der Waals surface area contributed by atoms with E-state index in [-0.39, 0.29) is 69.3 Å². The van der Waals surface area contributed by atoms with Crippen molar-refractivity contribution < 1.29 is 54.4 Å². The van der Waals surface area contributed by atoms with E-state index in [2.05, 4.69) is 13.8 Å². The summed E-state index contributed by atoms with van der Waals surface area (Å²) in [5.74, 6) is -7.24. The van der Waals surface area contributed by atoms with Crippen LogP contribution < -0.4 is 0 Å². The van der Waals surface area contributed by atoms with Crippen molar-refractivity contribution >= 4 is 11.9 Å². The molecule has 2 aliphatic carbocycles. The molecule has 2 fully saturated rings. The fourth-order valence-corrected chi connectivity index (χ4v) is 8.52. The minimum absolute atomic E-state index is 0.0458. The molecule has 0 aromatic rings. The highest BCUT2D eigenvalue weighted by Crippen LogP contribution is 2.36. The van der Waals surface area contributed by atoms with Crippen LogP contribution in [0.2, 0.25) is 0 Å². The standard InChI is InChI=1S/C47H88O11/c1-6-8-10-12-14-16-25-39(29-27-37-21-18-22-37)43(49)55-35-42(41(33-45(3,51)52)34-47(5,54)58-57-46(4,53)31-20-32-48)36-56-44(50)40(30-28-38-23-19-24-38)26-17-15-13-11-9-7-2/h37-42,48,51-54H,6-36H2,1-5H3. The first-order chi connectivity index (χ1) is 27.6. The average Bonchev–Trinajstić information content (AvgIpc) is 3.12. The Morgan fingerprint density at radius 2 is 1.00 bits per heavy atom. The molecule has 0 radical (unpaired) electrons. The molecule has 5 atom stereocenters. The van der Waals surface area contributed by atoms with Gasteiger partial charge in [-0.25, -0.2) is 0 Å². The Labute approximate surface area is 352 Å². The monoisotopic (exact) mass is 829 g/mol. The van der Waals surface area contributed by atoms with Crippen molar-refractivity contribution in [3.63, 3.8) is 0 Å². The van der Waals surface area contributed by atoms with E-state index >= 15 is 0 Å². The quantitative estimate of drug-likeness (QED) is 0.0133. The second-order valence-corrected chi connectivity index (χ2v) is 19.0. The second-order valence-electron chi connectivity index (χ2n) is 19.0. The molecule has 11 heteroatoms. The molecule has 5 N–H and O–H groups in total. The maximum absolute atomic E-state index is 13.9. The van der Waals surface area contributed by atoms with Gasteiger partial charge in [0.15, 0.2) is 17.4 Å². The second kappa shape index (κ2) is 29.1. The van der Waals surface area contributed by atoms with Crippen LogP contribution in [0.25, 0.3) is 0 Å². The lowest BCUT2D eigenvalue weighted by atomic mass is 9.79. The summed E-state index contributed by atoms with van der Waals surface area (Å²) < 4.78 is 12.2. The van der Waals surface area contributed by atoms with Crippen LogP contribution in [0, 0.1) is 35.5 Å². The molecule has 2 rings (SSSR count). The number of hydrogen-bond donors (Lipinski definition) is 5. The van der Waals surface area contributed by atoms with E-state index in [0.717, 1.165) is 77.0 Å². The highest BCUT2D eigenvalue weighted by Gasteiger charge is 2.39. The molecule has 0 saturated heterocycles. The van der Waals surface area contributed by atoms with Gasteiger partial charge in [0, 0.05) is 31.8 Å². The zero-order valence-corrected chi connectivity index (χ0v) is 37.6. The smallest absolute Gasteiger partial charge is 0.308 e. The summed E-state index contributed by atoms with van der Waals surface area (Å²) in [6, 6.07) is 0. The largest absolute Gasteiger partial charge is 0.465 e. The molecule has 0 heterocycles. The summed E-state index contributed by atoms with van der Waals surface area (Å²) in [5.41, 5.74) is 0. The third kappa shape index (κ3) is 24.2. The van der Waals surface area contributed by atoms with Gasteiger partial charge < -0.3 is 35.0 Å². The van der Waals surface area contributed by atoms with Gasteiger partial charge in [-0.15, -0.1) is 0 Å². The minimum Gasteiger partial charge on any atom is -0.465 e. The Bertz CT molecular complexity index is 1010. The summed E-state index contributed by atoms with van der Waals surface area (Å²) in [7, 11) is 0. The molecule has 0 aromatic carbocycles. The van der Waals surface area contributed by atoms with Gasteiger partial charge in [-0.3, -0.25) is 9.59 Å². The van der Waals surface area contributed by atoms with Gasteiger partial charge in [-0.1, -0.05) is 129 Å². The molecule has 0 aromatic heterocycles. The third-order valence-corrected chi connectivity index (χ3v) is 12.8. The van der Waals surface area contributed by atoms with Crippen LogP contribution in [0.5, 0.6) is 0 Å². The highest BCUT2D eigenvalue weighted by molar-refractivity contribution is 5.73. The van der Waals surface area contributed by atoms with Crippen LogP contribution in [0.4, 0.5) is 0 Å². The van der Waals surface area contributed by atoms with Crippen LogP contribution in [0.1, 0.15) is 214 Å². The van der Waals surface area contributed by atoms with Crippen LogP contribution in [0.15, 0.2) is 0 Å². The molecule has 2 saturated carbocycles. The van der Waals surface area contributed by atoms with Crippen LogP contribution in [-0.2, 0) is 28.8 Å². The van der Waals surface area contributed by atoms with E-state index in [9.17, 15) is 35.1 Å². The van der Waals surface area contributed by atoms with Crippen LogP contribution in [0.3, 0.4) is 0 Å². The van der Waals surface area contributed by atoms with Crippen molar-refractivity contribution in [1.82, 2.24) is 0 Å². The maximum Gasteiger partial charge on any atom is 0.308 e. The molecule has 0 bridgehead atoms. The molecule has 2 aliphatic rings. The molecule has 0 spiro atoms. The van der Waals surface area contributed by atoms with Crippen molar-refractivity contribution in [2.75, 3.05) is 19.8 Å². The van der Waals surface area contributed by atoms with E-state index in [0.29, 0.717) is 11.8 Å². The Balaban J connectivity index is 2.28. The van der Waals surface area contributed by atoms with Gasteiger partial charge in [-0.05, 0) is 83.5 Å². The molecular weight excluding hydrogens is 741 g/mol. The number of esters is 2. The SMILES string of the molecule is CCCCCCCCC(CCC1CCC1)C(=O)OCC(COC(=O)C(CCCCCCCC)CCC1CCC1)C(CC(C)(O)O)CC(C)(O)OOC(C)(O)CCCO. The molecule has 11 nitrogen and oxygen atoms in total. The third-order valence-electron chi connectivity index (χ3n) is 12.8. The molecule has 0 amide bonds. The Morgan fingerprint density at radius 1 is 0.569 bits per heavy atom. The number of rotatable bonds is 37. The van der Waals surface area contributed by atoms with E-state index in [1.165, 1.54) is 97.8 Å². The summed E-state index contributed by atoms with van der Waals surface area (Å²) in [5, 5.41) is 52.6. The molecular formula is C47H88O11. The lowest BCUT2D eigenvalue weighted by Gasteiger charge is -2.36.